The maximum absolute atomic E-state index is 12.1. The summed E-state index contributed by atoms with van der Waals surface area (Å²) in [5.74, 6) is 0.215. The predicted octanol–water partition coefficient (Wildman–Crippen LogP) is 3.82. The zero-order valence-electron chi connectivity index (χ0n) is 10.7. The minimum absolute atomic E-state index is 0.0920. The number of halogens is 1. The molecule has 0 aromatic carbocycles. The van der Waals surface area contributed by atoms with Crippen molar-refractivity contribution in [1.82, 2.24) is 0 Å². The molecule has 0 aliphatic carbocycles. The molecule has 2 rings (SSSR count). The molecule has 100 valence electrons. The highest BCUT2D eigenvalue weighted by molar-refractivity contribution is 9.10. The van der Waals surface area contributed by atoms with Gasteiger partial charge in [0.15, 0.2) is 6.20 Å². The fraction of sp³-hybridized carbons (Fsp3) is 0.615. The van der Waals surface area contributed by atoms with E-state index in [-0.39, 0.29) is 11.4 Å². The summed E-state index contributed by atoms with van der Waals surface area (Å²) in [5, 5.41) is 12.1. The van der Waals surface area contributed by atoms with Gasteiger partial charge < -0.3 is 9.94 Å². The van der Waals surface area contributed by atoms with Gasteiger partial charge in [0, 0.05) is 6.61 Å². The number of nitrogens with zero attached hydrogens (tertiary/aromatic N) is 1. The first-order valence-corrected chi connectivity index (χ1v) is 8.05. The topological polar surface area (TPSA) is 36.2 Å². The Balaban J connectivity index is 2.28. The highest BCUT2D eigenvalue weighted by Gasteiger charge is 2.40. The Morgan fingerprint density at radius 2 is 2.22 bits per heavy atom. The van der Waals surface area contributed by atoms with Crippen molar-refractivity contribution in [3.8, 4) is 0 Å². The van der Waals surface area contributed by atoms with Gasteiger partial charge >= 0.3 is 0 Å². The maximum Gasteiger partial charge on any atom is 0.213 e. The zero-order valence-corrected chi connectivity index (χ0v) is 13.1. The molecule has 0 amide bonds. The molecular weight excluding hydrogens is 314 g/mol. The first kappa shape index (κ1) is 14.2. The van der Waals surface area contributed by atoms with E-state index in [1.165, 1.54) is 0 Å². The van der Waals surface area contributed by atoms with E-state index in [4.69, 9.17) is 4.74 Å². The molecule has 0 radical (unpaired) electrons. The van der Waals surface area contributed by atoms with Gasteiger partial charge in [0.1, 0.15) is 5.44 Å². The van der Waals surface area contributed by atoms with Crippen LogP contribution in [0.15, 0.2) is 21.6 Å². The van der Waals surface area contributed by atoms with E-state index in [1.807, 2.05) is 6.07 Å². The summed E-state index contributed by atoms with van der Waals surface area (Å²) in [6, 6.07) is 2.02. The minimum atomic E-state index is 0.0920. The van der Waals surface area contributed by atoms with Crippen molar-refractivity contribution in [1.29, 1.82) is 0 Å². The number of thioether (sulfide) groups is 1. The Morgan fingerprint density at radius 3 is 2.89 bits per heavy atom. The molecule has 0 N–H and O–H groups in total. The average Bonchev–Trinajstić information content (AvgIpc) is 2.65. The molecule has 0 bridgehead atoms. The number of fused-ring (bicyclic) bond motifs is 1. The standard InChI is InChI=1S/C13H18BrNO2S/c1-3-5-10-12-11(7-9(14)8-15(12)16)18-13(10)17-6-4-2/h7-8,10,13H,3-6H2,1-2H3. The van der Waals surface area contributed by atoms with Crippen LogP contribution in [0.25, 0.3) is 0 Å². The lowest BCUT2D eigenvalue weighted by Crippen LogP contribution is -2.34. The smallest absolute Gasteiger partial charge is 0.213 e. The van der Waals surface area contributed by atoms with Crippen LogP contribution in [-0.4, -0.2) is 12.0 Å². The van der Waals surface area contributed by atoms with E-state index >= 15 is 0 Å². The molecule has 2 heterocycles. The molecule has 1 aliphatic heterocycles. The Labute approximate surface area is 121 Å². The quantitative estimate of drug-likeness (QED) is 0.607. The van der Waals surface area contributed by atoms with Crippen LogP contribution in [0.1, 0.15) is 44.7 Å². The molecule has 18 heavy (non-hydrogen) atoms. The second-order valence-corrected chi connectivity index (χ2v) is 6.54. The Morgan fingerprint density at radius 1 is 1.44 bits per heavy atom. The second kappa shape index (κ2) is 6.26. The van der Waals surface area contributed by atoms with Gasteiger partial charge in [-0.2, -0.15) is 4.73 Å². The summed E-state index contributed by atoms with van der Waals surface area (Å²) >= 11 is 5.05. The molecule has 1 aliphatic rings. The highest BCUT2D eigenvalue weighted by Crippen LogP contribution is 2.47. The van der Waals surface area contributed by atoms with E-state index in [9.17, 15) is 5.21 Å². The van der Waals surface area contributed by atoms with Crippen molar-refractivity contribution >= 4 is 27.7 Å². The number of rotatable bonds is 5. The summed E-state index contributed by atoms with van der Waals surface area (Å²) in [6.45, 7) is 5.01. The van der Waals surface area contributed by atoms with Crippen molar-refractivity contribution < 1.29 is 9.47 Å². The van der Waals surface area contributed by atoms with Crippen molar-refractivity contribution in [3.05, 3.63) is 27.6 Å². The van der Waals surface area contributed by atoms with Crippen LogP contribution in [0.5, 0.6) is 0 Å². The molecule has 1 aromatic heterocycles. The van der Waals surface area contributed by atoms with Gasteiger partial charge in [-0.1, -0.05) is 32.0 Å². The van der Waals surface area contributed by atoms with Crippen LogP contribution in [-0.2, 0) is 4.74 Å². The van der Waals surface area contributed by atoms with Gasteiger partial charge in [-0.3, -0.25) is 0 Å². The van der Waals surface area contributed by atoms with E-state index in [2.05, 4.69) is 29.8 Å². The average molecular weight is 332 g/mol. The Bertz CT molecular complexity index is 428. The summed E-state index contributed by atoms with van der Waals surface area (Å²) in [4.78, 5) is 1.05. The number of hydrogen-bond donors (Lipinski definition) is 0. The van der Waals surface area contributed by atoms with Crippen LogP contribution in [0.4, 0.5) is 0 Å². The van der Waals surface area contributed by atoms with Gasteiger partial charge in [-0.25, -0.2) is 0 Å². The lowest BCUT2D eigenvalue weighted by Gasteiger charge is -2.17. The maximum atomic E-state index is 12.1. The summed E-state index contributed by atoms with van der Waals surface area (Å²) < 4.78 is 7.72. The molecule has 0 spiro atoms. The van der Waals surface area contributed by atoms with Gasteiger partial charge in [0.2, 0.25) is 5.69 Å². The fourth-order valence-electron chi connectivity index (χ4n) is 2.27. The Hall–Kier alpha value is -0.260. The molecule has 0 fully saturated rings. The fourth-order valence-corrected chi connectivity index (χ4v) is 4.24. The monoisotopic (exact) mass is 331 g/mol. The number of pyridine rings is 1. The van der Waals surface area contributed by atoms with Gasteiger partial charge in [0.05, 0.1) is 15.3 Å². The van der Waals surface area contributed by atoms with E-state index in [0.717, 1.165) is 45.7 Å². The van der Waals surface area contributed by atoms with E-state index in [1.54, 1.807) is 18.0 Å². The summed E-state index contributed by atoms with van der Waals surface area (Å²) in [7, 11) is 0. The first-order chi connectivity index (χ1) is 8.67. The third kappa shape index (κ3) is 2.83. The predicted molar refractivity (Wildman–Crippen MR) is 76.6 cm³/mol. The van der Waals surface area contributed by atoms with Crippen LogP contribution in [0.2, 0.25) is 0 Å². The van der Waals surface area contributed by atoms with Crippen LogP contribution in [0, 0.1) is 5.21 Å². The van der Waals surface area contributed by atoms with Gasteiger partial charge in [-0.15, -0.1) is 0 Å². The van der Waals surface area contributed by atoms with Crippen molar-refractivity contribution in [2.45, 2.75) is 49.4 Å². The van der Waals surface area contributed by atoms with Gasteiger partial charge in [0.25, 0.3) is 0 Å². The molecule has 1 aromatic rings. The molecule has 3 nitrogen and oxygen atoms in total. The molecule has 2 unspecified atom stereocenters. The van der Waals surface area contributed by atoms with Gasteiger partial charge in [-0.05, 0) is 34.8 Å². The first-order valence-electron chi connectivity index (χ1n) is 6.38. The van der Waals surface area contributed by atoms with E-state index in [0.29, 0.717) is 0 Å². The van der Waals surface area contributed by atoms with Crippen molar-refractivity contribution in [3.63, 3.8) is 0 Å². The molecule has 5 heteroatoms. The lowest BCUT2D eigenvalue weighted by molar-refractivity contribution is -0.618. The van der Waals surface area contributed by atoms with Crippen molar-refractivity contribution in [2.24, 2.45) is 0 Å². The van der Waals surface area contributed by atoms with Crippen LogP contribution >= 0.6 is 27.7 Å². The number of ether oxygens (including phenoxy) is 1. The highest BCUT2D eigenvalue weighted by atomic mass is 79.9. The molecule has 0 saturated carbocycles. The third-order valence-electron chi connectivity index (χ3n) is 3.01. The largest absolute Gasteiger partial charge is 0.618 e. The van der Waals surface area contributed by atoms with Crippen LogP contribution < -0.4 is 4.73 Å². The number of aromatic nitrogens is 1. The summed E-state index contributed by atoms with van der Waals surface area (Å²) in [5.41, 5.74) is 0.973. The van der Waals surface area contributed by atoms with Crippen molar-refractivity contribution in [2.75, 3.05) is 6.61 Å². The SMILES string of the molecule is CCCOC1Sc2cc(Br)c[n+]([O-])c2C1CCC. The lowest BCUT2D eigenvalue weighted by atomic mass is 10.00. The van der Waals surface area contributed by atoms with E-state index < -0.39 is 0 Å². The van der Waals surface area contributed by atoms with Crippen LogP contribution in [0.3, 0.4) is 0 Å². The normalized spacial score (nSPS) is 22.2. The molecular formula is C13H18BrNO2S. The zero-order chi connectivity index (χ0) is 13.1. The minimum Gasteiger partial charge on any atom is -0.618 e. The second-order valence-electron chi connectivity index (χ2n) is 4.49. The number of hydrogen-bond acceptors (Lipinski definition) is 3. The molecule has 2 atom stereocenters. The molecule has 0 saturated heterocycles. The third-order valence-corrected chi connectivity index (χ3v) is 4.72. The Kier molecular flexibility index (Phi) is 4.92. The summed E-state index contributed by atoms with van der Waals surface area (Å²) in [6.07, 6.45) is 4.66.